The van der Waals surface area contributed by atoms with Gasteiger partial charge in [-0.1, -0.05) is 119 Å². The highest BCUT2D eigenvalue weighted by Crippen LogP contribution is 2.62. The lowest BCUT2D eigenvalue weighted by Crippen LogP contribution is -2.64. The van der Waals surface area contributed by atoms with Gasteiger partial charge in [-0.2, -0.15) is 0 Å². The fraction of sp³-hybridized carbons (Fsp3) is 0.250. The first-order chi connectivity index (χ1) is 25.2. The number of benzene rings is 6. The van der Waals surface area contributed by atoms with Crippen molar-refractivity contribution in [2.75, 3.05) is 14.7 Å². The van der Waals surface area contributed by atoms with E-state index in [0.717, 1.165) is 17.1 Å². The molecule has 52 heavy (non-hydrogen) atoms. The normalized spacial score (nSPS) is 20.9. The fourth-order valence-corrected chi connectivity index (χ4v) is 10.3. The van der Waals surface area contributed by atoms with Crippen LogP contribution in [0.3, 0.4) is 0 Å². The summed E-state index contributed by atoms with van der Waals surface area (Å²) in [5.74, 6) is 0. The Morgan fingerprint density at radius 3 is 1.90 bits per heavy atom. The molecule has 1 aliphatic carbocycles. The topological polar surface area (TPSA) is 9.72 Å². The van der Waals surface area contributed by atoms with Gasteiger partial charge in [0.1, 0.15) is 0 Å². The van der Waals surface area contributed by atoms with Crippen LogP contribution in [0.4, 0.5) is 45.5 Å². The smallest absolute Gasteiger partial charge is 0.252 e. The van der Waals surface area contributed by atoms with E-state index in [0.29, 0.717) is 0 Å². The Hall–Kier alpha value is -5.22. The van der Waals surface area contributed by atoms with Gasteiger partial charge in [-0.3, -0.25) is 0 Å². The van der Waals surface area contributed by atoms with Crippen LogP contribution in [0.2, 0.25) is 0 Å². The molecule has 6 aromatic carbocycles. The van der Waals surface area contributed by atoms with Crippen molar-refractivity contribution < 1.29 is 0 Å². The Morgan fingerprint density at radius 2 is 1.23 bits per heavy atom. The van der Waals surface area contributed by atoms with Crippen molar-refractivity contribution in [3.8, 4) is 0 Å². The van der Waals surface area contributed by atoms with Gasteiger partial charge in [0.2, 0.25) is 0 Å². The van der Waals surface area contributed by atoms with Crippen LogP contribution in [0.15, 0.2) is 140 Å². The lowest BCUT2D eigenvalue weighted by Gasteiger charge is -2.52. The summed E-state index contributed by atoms with van der Waals surface area (Å²) >= 11 is 0. The van der Waals surface area contributed by atoms with E-state index in [9.17, 15) is 0 Å². The largest absolute Gasteiger partial charge is 0.335 e. The van der Waals surface area contributed by atoms with Gasteiger partial charge in [0.05, 0.1) is 5.54 Å². The van der Waals surface area contributed by atoms with Crippen LogP contribution < -0.4 is 31.1 Å². The SMILES string of the molecule is CC(C)(C)c1cc2c3c(c1)C1(C)CCCCC1(C)N3c1cccc3c1B2c1ccc(N(c2ccccc2)c2ccccc2)cc1N3c1ccccc1. The highest BCUT2D eigenvalue weighted by molar-refractivity contribution is 7.00. The zero-order valence-corrected chi connectivity index (χ0v) is 31.0. The second kappa shape index (κ2) is 11.1. The molecule has 0 spiro atoms. The van der Waals surface area contributed by atoms with E-state index in [1.807, 2.05) is 0 Å². The molecular formula is C48H46BN3. The molecule has 10 rings (SSSR count). The van der Waals surface area contributed by atoms with Crippen LogP contribution in [-0.2, 0) is 10.8 Å². The molecule has 0 saturated heterocycles. The fourth-order valence-electron chi connectivity index (χ4n) is 10.3. The molecule has 0 amide bonds. The second-order valence-electron chi connectivity index (χ2n) is 16.9. The summed E-state index contributed by atoms with van der Waals surface area (Å²) in [5, 5.41) is 0. The highest BCUT2D eigenvalue weighted by atomic mass is 15.3. The predicted octanol–water partition coefficient (Wildman–Crippen LogP) is 10.8. The predicted molar refractivity (Wildman–Crippen MR) is 222 cm³/mol. The maximum absolute atomic E-state index is 2.83. The van der Waals surface area contributed by atoms with Gasteiger partial charge in [-0.15, -0.1) is 0 Å². The number of anilines is 8. The van der Waals surface area contributed by atoms with Crippen molar-refractivity contribution in [3.05, 3.63) is 151 Å². The molecule has 0 radical (unpaired) electrons. The maximum atomic E-state index is 2.83. The zero-order valence-electron chi connectivity index (χ0n) is 31.0. The quantitative estimate of drug-likeness (QED) is 0.172. The van der Waals surface area contributed by atoms with Crippen LogP contribution in [0.1, 0.15) is 71.4 Å². The first-order valence-corrected chi connectivity index (χ1v) is 19.2. The minimum absolute atomic E-state index is 0.00646. The van der Waals surface area contributed by atoms with Crippen molar-refractivity contribution in [1.29, 1.82) is 0 Å². The van der Waals surface area contributed by atoms with Gasteiger partial charge in [-0.05, 0) is 113 Å². The van der Waals surface area contributed by atoms with E-state index >= 15 is 0 Å². The van der Waals surface area contributed by atoms with E-state index in [1.165, 1.54) is 76.1 Å². The Balaban J connectivity index is 1.28. The van der Waals surface area contributed by atoms with Crippen LogP contribution in [0.25, 0.3) is 0 Å². The molecular weight excluding hydrogens is 629 g/mol. The molecule has 0 N–H and O–H groups in total. The number of rotatable bonds is 4. The molecule has 2 atom stereocenters. The zero-order chi connectivity index (χ0) is 35.4. The van der Waals surface area contributed by atoms with Gasteiger partial charge >= 0.3 is 0 Å². The molecule has 3 heterocycles. The van der Waals surface area contributed by atoms with E-state index in [4.69, 9.17) is 0 Å². The standard InChI is InChI=1S/C48H46BN3/c1-46(2,3)33-30-38-45-40(31-33)49-39-27-26-37(50(34-18-9-6-10-19-34)35-20-11-7-12-21-35)32-43(39)51(36-22-13-8-14-23-36)41-24-17-25-42(44(41)49)52(45)48(5)29-16-15-28-47(38,48)4/h6-14,17-27,30-32H,15-16,28-29H2,1-5H3. The molecule has 4 heteroatoms. The van der Waals surface area contributed by atoms with Gasteiger partial charge in [0.25, 0.3) is 6.71 Å². The van der Waals surface area contributed by atoms with Crippen LogP contribution in [0, 0.1) is 0 Å². The summed E-state index contributed by atoms with van der Waals surface area (Å²) in [6.45, 7) is 12.4. The molecule has 256 valence electrons. The number of fused-ring (bicyclic) bond motifs is 7. The number of nitrogens with zero attached hydrogens (tertiary/aromatic N) is 3. The summed E-state index contributed by atoms with van der Waals surface area (Å²) in [5.41, 5.74) is 17.4. The number of hydrogen-bond acceptors (Lipinski definition) is 3. The second-order valence-corrected chi connectivity index (χ2v) is 16.9. The summed E-state index contributed by atoms with van der Waals surface area (Å²) in [6, 6.07) is 52.1. The van der Waals surface area contributed by atoms with Crippen LogP contribution in [-0.4, -0.2) is 12.3 Å². The molecule has 3 nitrogen and oxygen atoms in total. The summed E-state index contributed by atoms with van der Waals surface area (Å²) in [4.78, 5) is 7.76. The Morgan fingerprint density at radius 1 is 0.596 bits per heavy atom. The molecule has 0 aromatic heterocycles. The lowest BCUT2D eigenvalue weighted by atomic mass is 9.33. The minimum atomic E-state index is 0.00646. The molecule has 1 fully saturated rings. The third kappa shape index (κ3) is 4.27. The van der Waals surface area contributed by atoms with Gasteiger partial charge in [0.15, 0.2) is 0 Å². The summed E-state index contributed by atoms with van der Waals surface area (Å²) in [7, 11) is 0. The number of hydrogen-bond donors (Lipinski definition) is 0. The molecule has 1 saturated carbocycles. The average molecular weight is 676 g/mol. The summed E-state index contributed by atoms with van der Waals surface area (Å²) in [6.07, 6.45) is 4.99. The van der Waals surface area contributed by atoms with Crippen molar-refractivity contribution in [3.63, 3.8) is 0 Å². The molecule has 2 unspecified atom stereocenters. The van der Waals surface area contributed by atoms with Crippen LogP contribution in [0.5, 0.6) is 0 Å². The van der Waals surface area contributed by atoms with E-state index < -0.39 is 0 Å². The van der Waals surface area contributed by atoms with Gasteiger partial charge in [-0.25, -0.2) is 0 Å². The Labute approximate surface area is 309 Å². The lowest BCUT2D eigenvalue weighted by molar-refractivity contribution is 0.195. The van der Waals surface area contributed by atoms with E-state index in [2.05, 4.69) is 189 Å². The summed E-state index contributed by atoms with van der Waals surface area (Å²) < 4.78 is 0. The Kier molecular flexibility index (Phi) is 6.75. The average Bonchev–Trinajstić information content (AvgIpc) is 3.37. The number of para-hydroxylation sites is 3. The van der Waals surface area contributed by atoms with E-state index in [-0.39, 0.29) is 23.1 Å². The molecule has 4 aliphatic rings. The van der Waals surface area contributed by atoms with Gasteiger partial charge in [0, 0.05) is 50.9 Å². The Bertz CT molecular complexity index is 2310. The van der Waals surface area contributed by atoms with Gasteiger partial charge < -0.3 is 14.7 Å². The minimum Gasteiger partial charge on any atom is -0.335 e. The molecule has 3 aliphatic heterocycles. The van der Waals surface area contributed by atoms with Crippen molar-refractivity contribution >= 4 is 68.6 Å². The first-order valence-electron chi connectivity index (χ1n) is 19.2. The molecule has 6 aromatic rings. The molecule has 0 bridgehead atoms. The highest BCUT2D eigenvalue weighted by Gasteiger charge is 2.61. The van der Waals surface area contributed by atoms with Crippen molar-refractivity contribution in [2.45, 2.75) is 76.7 Å². The maximum Gasteiger partial charge on any atom is 0.252 e. The third-order valence-corrected chi connectivity index (χ3v) is 13.1. The third-order valence-electron chi connectivity index (χ3n) is 13.1. The van der Waals surface area contributed by atoms with Crippen LogP contribution >= 0.6 is 0 Å². The first kappa shape index (κ1) is 31.5. The van der Waals surface area contributed by atoms with E-state index in [1.54, 1.807) is 5.56 Å². The van der Waals surface area contributed by atoms with Crippen molar-refractivity contribution in [2.24, 2.45) is 0 Å². The monoisotopic (exact) mass is 675 g/mol. The van der Waals surface area contributed by atoms with Crippen molar-refractivity contribution in [1.82, 2.24) is 0 Å².